The number of benzene rings is 2. The Hall–Kier alpha value is -2.16. The fraction of sp³-hybridized carbons (Fsp3) is 0.294. The minimum Gasteiger partial charge on any atom is -0.507 e. The molecule has 1 aliphatic rings. The molecule has 2 aromatic rings. The average molecular weight is 269 g/mol. The van der Waals surface area contributed by atoms with Gasteiger partial charge in [-0.15, -0.1) is 0 Å². The first-order valence-electron chi connectivity index (χ1n) is 6.92. The number of methoxy groups -OCH3 is 1. The molecule has 0 saturated carbocycles. The number of anilines is 1. The summed E-state index contributed by atoms with van der Waals surface area (Å²) < 4.78 is 5.14. The maximum atomic E-state index is 10.2. The quantitative estimate of drug-likeness (QED) is 0.925. The van der Waals surface area contributed by atoms with Crippen LogP contribution in [0.5, 0.6) is 11.5 Å². The van der Waals surface area contributed by atoms with Gasteiger partial charge in [0, 0.05) is 23.9 Å². The van der Waals surface area contributed by atoms with Crippen LogP contribution in [0, 0.1) is 0 Å². The highest BCUT2D eigenvalue weighted by atomic mass is 16.5. The molecule has 3 rings (SSSR count). The van der Waals surface area contributed by atoms with E-state index in [9.17, 15) is 5.11 Å². The van der Waals surface area contributed by atoms with Gasteiger partial charge < -0.3 is 14.7 Å². The molecule has 1 atom stereocenters. The molecule has 0 spiro atoms. The van der Waals surface area contributed by atoms with Gasteiger partial charge in [0.2, 0.25) is 0 Å². The lowest BCUT2D eigenvalue weighted by Crippen LogP contribution is -2.24. The molecule has 20 heavy (non-hydrogen) atoms. The molecule has 3 heteroatoms. The highest BCUT2D eigenvalue weighted by Gasteiger charge is 2.25. The molecular weight excluding hydrogens is 250 g/mol. The van der Waals surface area contributed by atoms with Crippen LogP contribution in [0.3, 0.4) is 0 Å². The topological polar surface area (TPSA) is 32.7 Å². The smallest absolute Gasteiger partial charge is 0.124 e. The van der Waals surface area contributed by atoms with Crippen LogP contribution in [0.2, 0.25) is 0 Å². The first kappa shape index (κ1) is 12.9. The van der Waals surface area contributed by atoms with Crippen LogP contribution in [0.4, 0.5) is 5.69 Å². The van der Waals surface area contributed by atoms with E-state index in [4.69, 9.17) is 4.74 Å². The van der Waals surface area contributed by atoms with E-state index in [1.54, 1.807) is 13.2 Å². The van der Waals surface area contributed by atoms with Gasteiger partial charge in [0.05, 0.1) is 13.2 Å². The molecule has 0 fully saturated rings. The average Bonchev–Trinajstić information content (AvgIpc) is 2.90. The number of para-hydroxylation sites is 1. The van der Waals surface area contributed by atoms with E-state index in [1.807, 2.05) is 12.1 Å². The predicted octanol–water partition coefficient (Wildman–Crippen LogP) is 3.52. The zero-order valence-corrected chi connectivity index (χ0v) is 11.8. The lowest BCUT2D eigenvalue weighted by Gasteiger charge is -2.28. The van der Waals surface area contributed by atoms with Crippen LogP contribution in [0.15, 0.2) is 42.5 Å². The largest absolute Gasteiger partial charge is 0.507 e. The molecule has 0 saturated heterocycles. The molecule has 1 heterocycles. The Balaban J connectivity index is 1.92. The summed E-state index contributed by atoms with van der Waals surface area (Å²) in [6, 6.07) is 14.1. The fourth-order valence-electron chi connectivity index (χ4n) is 2.94. The second kappa shape index (κ2) is 5.08. The molecule has 0 radical (unpaired) electrons. The van der Waals surface area contributed by atoms with Gasteiger partial charge in [0.15, 0.2) is 0 Å². The van der Waals surface area contributed by atoms with Crippen molar-refractivity contribution < 1.29 is 9.84 Å². The number of phenolic OH excluding ortho intramolecular Hbond substituents is 1. The van der Waals surface area contributed by atoms with Crippen LogP contribution in [0.1, 0.15) is 24.1 Å². The summed E-state index contributed by atoms with van der Waals surface area (Å²) in [5.41, 5.74) is 3.59. The summed E-state index contributed by atoms with van der Waals surface area (Å²) in [6.45, 7) is 3.12. The highest BCUT2D eigenvalue weighted by Crippen LogP contribution is 2.38. The zero-order chi connectivity index (χ0) is 14.1. The maximum Gasteiger partial charge on any atom is 0.124 e. The second-order valence-corrected chi connectivity index (χ2v) is 5.17. The zero-order valence-electron chi connectivity index (χ0n) is 11.8. The van der Waals surface area contributed by atoms with Gasteiger partial charge in [-0.05, 0) is 37.1 Å². The van der Waals surface area contributed by atoms with Crippen molar-refractivity contribution in [3.8, 4) is 11.5 Å². The first-order chi connectivity index (χ1) is 9.70. The number of hydrogen-bond donors (Lipinski definition) is 1. The van der Waals surface area contributed by atoms with Crippen LogP contribution in [0.25, 0.3) is 0 Å². The molecule has 1 aliphatic heterocycles. The van der Waals surface area contributed by atoms with Crippen molar-refractivity contribution in [3.63, 3.8) is 0 Å². The summed E-state index contributed by atoms with van der Waals surface area (Å²) >= 11 is 0. The van der Waals surface area contributed by atoms with Crippen LogP contribution < -0.4 is 9.64 Å². The van der Waals surface area contributed by atoms with Gasteiger partial charge in [-0.3, -0.25) is 0 Å². The summed E-state index contributed by atoms with van der Waals surface area (Å²) in [5, 5.41) is 10.2. The fourth-order valence-corrected chi connectivity index (χ4v) is 2.94. The van der Waals surface area contributed by atoms with Crippen LogP contribution in [-0.2, 0) is 6.42 Å². The maximum absolute atomic E-state index is 10.2. The Bertz CT molecular complexity index is 624. The third-order valence-corrected chi connectivity index (χ3v) is 4.08. The Morgan fingerprint density at radius 3 is 2.75 bits per heavy atom. The van der Waals surface area contributed by atoms with Crippen molar-refractivity contribution in [2.75, 3.05) is 18.6 Å². The molecule has 1 unspecified atom stereocenters. The normalized spacial score (nSPS) is 15.0. The Morgan fingerprint density at radius 2 is 2.00 bits per heavy atom. The third-order valence-electron chi connectivity index (χ3n) is 4.08. The van der Waals surface area contributed by atoms with E-state index < -0.39 is 0 Å². The van der Waals surface area contributed by atoms with Crippen molar-refractivity contribution in [1.82, 2.24) is 0 Å². The summed E-state index contributed by atoms with van der Waals surface area (Å²) in [5.74, 6) is 0.974. The standard InChI is InChI=1S/C17H19NO2/c1-12(15-8-7-14(20-2)11-17(15)19)18-10-9-13-5-3-4-6-16(13)18/h3-8,11-12,19H,9-10H2,1-2H3. The number of aromatic hydroxyl groups is 1. The number of fused-ring (bicyclic) bond motifs is 1. The van der Waals surface area contributed by atoms with Crippen molar-refractivity contribution >= 4 is 5.69 Å². The van der Waals surface area contributed by atoms with Crippen molar-refractivity contribution in [2.24, 2.45) is 0 Å². The summed E-state index contributed by atoms with van der Waals surface area (Å²) in [4.78, 5) is 2.34. The molecular formula is C17H19NO2. The van der Waals surface area contributed by atoms with Crippen LogP contribution >= 0.6 is 0 Å². The number of hydrogen-bond acceptors (Lipinski definition) is 3. The Morgan fingerprint density at radius 1 is 1.20 bits per heavy atom. The third kappa shape index (κ3) is 2.09. The Labute approximate surface area is 119 Å². The van der Waals surface area contributed by atoms with E-state index in [1.165, 1.54) is 11.3 Å². The molecule has 0 aliphatic carbocycles. The molecule has 3 nitrogen and oxygen atoms in total. The molecule has 0 bridgehead atoms. The number of phenols is 1. The van der Waals surface area contributed by atoms with Crippen LogP contribution in [-0.4, -0.2) is 18.8 Å². The molecule has 104 valence electrons. The van der Waals surface area contributed by atoms with Gasteiger partial charge in [-0.25, -0.2) is 0 Å². The lowest BCUT2D eigenvalue weighted by atomic mass is 10.1. The van der Waals surface area contributed by atoms with E-state index in [0.717, 1.165) is 18.5 Å². The van der Waals surface area contributed by atoms with Gasteiger partial charge in [0.1, 0.15) is 11.5 Å². The SMILES string of the molecule is COc1ccc(C(C)N2CCc3ccccc32)c(O)c1. The highest BCUT2D eigenvalue weighted by molar-refractivity contribution is 5.60. The second-order valence-electron chi connectivity index (χ2n) is 5.17. The predicted molar refractivity (Wildman–Crippen MR) is 80.6 cm³/mol. The van der Waals surface area contributed by atoms with E-state index in [-0.39, 0.29) is 6.04 Å². The van der Waals surface area contributed by atoms with E-state index in [0.29, 0.717) is 11.5 Å². The minimum absolute atomic E-state index is 0.143. The molecule has 1 N–H and O–H groups in total. The van der Waals surface area contributed by atoms with Crippen molar-refractivity contribution in [2.45, 2.75) is 19.4 Å². The van der Waals surface area contributed by atoms with Gasteiger partial charge in [-0.2, -0.15) is 0 Å². The summed E-state index contributed by atoms with van der Waals surface area (Å²) in [7, 11) is 1.61. The minimum atomic E-state index is 0.143. The molecule has 2 aromatic carbocycles. The van der Waals surface area contributed by atoms with E-state index >= 15 is 0 Å². The number of nitrogens with zero attached hydrogens (tertiary/aromatic N) is 1. The number of ether oxygens (including phenoxy) is 1. The lowest BCUT2D eigenvalue weighted by molar-refractivity contribution is 0.405. The monoisotopic (exact) mass is 269 g/mol. The van der Waals surface area contributed by atoms with Gasteiger partial charge >= 0.3 is 0 Å². The van der Waals surface area contributed by atoms with Crippen molar-refractivity contribution in [3.05, 3.63) is 53.6 Å². The number of rotatable bonds is 3. The Kier molecular flexibility index (Phi) is 3.26. The van der Waals surface area contributed by atoms with E-state index in [2.05, 4.69) is 36.1 Å². The van der Waals surface area contributed by atoms with Crippen molar-refractivity contribution in [1.29, 1.82) is 0 Å². The molecule has 0 aromatic heterocycles. The van der Waals surface area contributed by atoms with Gasteiger partial charge in [-0.1, -0.05) is 18.2 Å². The van der Waals surface area contributed by atoms with Gasteiger partial charge in [0.25, 0.3) is 0 Å². The first-order valence-corrected chi connectivity index (χ1v) is 6.92. The molecule has 0 amide bonds. The summed E-state index contributed by atoms with van der Waals surface area (Å²) in [6.07, 6.45) is 1.07.